The van der Waals surface area contributed by atoms with Crippen LogP contribution in [0.4, 0.5) is 5.69 Å². The molecule has 3 aromatic rings. The molecule has 0 radical (unpaired) electrons. The minimum atomic E-state index is -0.400. The van der Waals surface area contributed by atoms with Crippen LogP contribution in [0, 0.1) is 0 Å². The molecule has 1 amide bonds. The Labute approximate surface area is 187 Å². The van der Waals surface area contributed by atoms with Gasteiger partial charge in [-0.2, -0.15) is 0 Å². The Morgan fingerprint density at radius 2 is 1.83 bits per heavy atom. The van der Waals surface area contributed by atoms with Gasteiger partial charge in [0.1, 0.15) is 5.75 Å². The number of carbonyl (C=O) groups is 1. The second-order valence-electron chi connectivity index (χ2n) is 6.08. The van der Waals surface area contributed by atoms with Gasteiger partial charge in [0.2, 0.25) is 5.91 Å². The number of rotatable bonds is 7. The lowest BCUT2D eigenvalue weighted by atomic mass is 10.3. The molecule has 0 bridgehead atoms. The smallest absolute Gasteiger partial charge is 0.234 e. The SMILES string of the molecule is CC(Oc1ccc(Cl)cc1Cl)c1nnc(SCC(=O)Nc2ccc(Cl)cc2)n1C. The van der Waals surface area contributed by atoms with Crippen molar-refractivity contribution in [1.82, 2.24) is 14.8 Å². The lowest BCUT2D eigenvalue weighted by Crippen LogP contribution is -2.14. The third kappa shape index (κ3) is 5.79. The Morgan fingerprint density at radius 1 is 1.14 bits per heavy atom. The lowest BCUT2D eigenvalue weighted by Gasteiger charge is -2.15. The van der Waals surface area contributed by atoms with Crippen molar-refractivity contribution < 1.29 is 9.53 Å². The summed E-state index contributed by atoms with van der Waals surface area (Å²) in [5, 5.41) is 13.3. The molecule has 0 aliphatic rings. The van der Waals surface area contributed by atoms with E-state index in [0.717, 1.165) is 0 Å². The minimum Gasteiger partial charge on any atom is -0.481 e. The number of aromatic nitrogens is 3. The molecule has 0 spiro atoms. The normalized spacial score (nSPS) is 11.9. The van der Waals surface area contributed by atoms with Gasteiger partial charge in [0.05, 0.1) is 10.8 Å². The van der Waals surface area contributed by atoms with Crippen molar-refractivity contribution in [2.75, 3.05) is 11.1 Å². The number of benzene rings is 2. The van der Waals surface area contributed by atoms with Gasteiger partial charge in [0.25, 0.3) is 0 Å². The zero-order valence-electron chi connectivity index (χ0n) is 15.5. The van der Waals surface area contributed by atoms with Crippen LogP contribution in [0.1, 0.15) is 18.9 Å². The summed E-state index contributed by atoms with van der Waals surface area (Å²) in [7, 11) is 1.82. The molecule has 29 heavy (non-hydrogen) atoms. The first-order valence-electron chi connectivity index (χ1n) is 8.52. The van der Waals surface area contributed by atoms with E-state index in [-0.39, 0.29) is 11.7 Å². The highest BCUT2D eigenvalue weighted by molar-refractivity contribution is 7.99. The van der Waals surface area contributed by atoms with Crippen molar-refractivity contribution in [3.8, 4) is 5.75 Å². The molecule has 6 nitrogen and oxygen atoms in total. The first-order chi connectivity index (χ1) is 13.8. The summed E-state index contributed by atoms with van der Waals surface area (Å²) >= 11 is 19.2. The molecule has 152 valence electrons. The van der Waals surface area contributed by atoms with Crippen LogP contribution in [0.3, 0.4) is 0 Å². The molecule has 1 heterocycles. The van der Waals surface area contributed by atoms with Crippen molar-refractivity contribution in [3.05, 3.63) is 63.4 Å². The molecule has 0 aliphatic carbocycles. The van der Waals surface area contributed by atoms with Crippen LogP contribution in [0.5, 0.6) is 5.75 Å². The highest BCUT2D eigenvalue weighted by Gasteiger charge is 2.19. The molecule has 1 atom stereocenters. The molecule has 0 saturated carbocycles. The van der Waals surface area contributed by atoms with E-state index < -0.39 is 6.10 Å². The maximum atomic E-state index is 12.2. The van der Waals surface area contributed by atoms with E-state index in [1.807, 2.05) is 14.0 Å². The number of hydrogen-bond donors (Lipinski definition) is 1. The topological polar surface area (TPSA) is 69.0 Å². The summed E-state index contributed by atoms with van der Waals surface area (Å²) in [6, 6.07) is 11.9. The molecule has 10 heteroatoms. The van der Waals surface area contributed by atoms with Gasteiger partial charge in [-0.3, -0.25) is 4.79 Å². The van der Waals surface area contributed by atoms with Crippen LogP contribution in [-0.2, 0) is 11.8 Å². The second-order valence-corrected chi connectivity index (χ2v) is 8.30. The minimum absolute atomic E-state index is 0.154. The molecule has 0 saturated heterocycles. The fraction of sp³-hybridized carbons (Fsp3) is 0.211. The van der Waals surface area contributed by atoms with Gasteiger partial charge in [0.15, 0.2) is 17.1 Å². The molecular weight excluding hydrogens is 455 g/mol. The predicted molar refractivity (Wildman–Crippen MR) is 117 cm³/mol. The quantitative estimate of drug-likeness (QED) is 0.451. The van der Waals surface area contributed by atoms with E-state index in [2.05, 4.69) is 15.5 Å². The van der Waals surface area contributed by atoms with Gasteiger partial charge in [-0.15, -0.1) is 10.2 Å². The number of nitrogens with one attached hydrogen (secondary N) is 1. The first kappa shape index (κ1) is 21.8. The van der Waals surface area contributed by atoms with E-state index in [0.29, 0.717) is 37.5 Å². The highest BCUT2D eigenvalue weighted by atomic mass is 35.5. The molecule has 1 unspecified atom stereocenters. The Balaban J connectivity index is 1.59. The summed E-state index contributed by atoms with van der Waals surface area (Å²) in [6.45, 7) is 1.84. The van der Waals surface area contributed by atoms with Crippen molar-refractivity contribution in [2.45, 2.75) is 18.2 Å². The highest BCUT2D eigenvalue weighted by Crippen LogP contribution is 2.31. The molecule has 0 fully saturated rings. The summed E-state index contributed by atoms with van der Waals surface area (Å²) in [5.41, 5.74) is 0.681. The Hall–Kier alpha value is -1.93. The number of thioether (sulfide) groups is 1. The maximum Gasteiger partial charge on any atom is 0.234 e. The number of halogens is 3. The molecule has 1 aromatic heterocycles. The fourth-order valence-corrected chi connectivity index (χ4v) is 3.78. The van der Waals surface area contributed by atoms with E-state index >= 15 is 0 Å². The number of hydrogen-bond acceptors (Lipinski definition) is 5. The van der Waals surface area contributed by atoms with Gasteiger partial charge in [-0.25, -0.2) is 0 Å². The number of anilines is 1. The number of amides is 1. The molecule has 0 aliphatic heterocycles. The Morgan fingerprint density at radius 3 is 2.52 bits per heavy atom. The predicted octanol–water partition coefficient (Wildman–Crippen LogP) is 5.65. The number of carbonyl (C=O) groups excluding carboxylic acids is 1. The van der Waals surface area contributed by atoms with E-state index in [1.165, 1.54) is 11.8 Å². The second kappa shape index (κ2) is 9.71. The lowest BCUT2D eigenvalue weighted by molar-refractivity contribution is -0.113. The average Bonchev–Trinajstić information content (AvgIpc) is 3.05. The Bertz CT molecular complexity index is 1010. The summed E-state index contributed by atoms with van der Waals surface area (Å²) in [4.78, 5) is 12.2. The van der Waals surface area contributed by atoms with Gasteiger partial charge in [0, 0.05) is 22.8 Å². The van der Waals surface area contributed by atoms with Crippen molar-refractivity contribution >= 4 is 58.2 Å². The van der Waals surface area contributed by atoms with Crippen LogP contribution in [0.15, 0.2) is 47.6 Å². The zero-order chi connectivity index (χ0) is 21.0. The summed E-state index contributed by atoms with van der Waals surface area (Å²) < 4.78 is 7.67. The molecule has 3 rings (SSSR count). The summed E-state index contributed by atoms with van der Waals surface area (Å²) in [5.74, 6) is 1.14. The van der Waals surface area contributed by atoms with Crippen molar-refractivity contribution in [3.63, 3.8) is 0 Å². The average molecular weight is 472 g/mol. The standard InChI is InChI=1S/C19H17Cl3N4O2S/c1-11(28-16-8-5-13(21)9-15(16)22)18-24-25-19(26(18)2)29-10-17(27)23-14-6-3-12(20)4-7-14/h3-9,11H,10H2,1-2H3,(H,23,27). The third-order valence-electron chi connectivity index (χ3n) is 3.89. The van der Waals surface area contributed by atoms with Gasteiger partial charge < -0.3 is 14.6 Å². The zero-order valence-corrected chi connectivity index (χ0v) is 18.6. The van der Waals surface area contributed by atoms with Crippen molar-refractivity contribution in [1.29, 1.82) is 0 Å². The number of nitrogens with zero attached hydrogens (tertiary/aromatic N) is 3. The third-order valence-corrected chi connectivity index (χ3v) is 5.69. The molecule has 2 aromatic carbocycles. The van der Waals surface area contributed by atoms with Gasteiger partial charge >= 0.3 is 0 Å². The van der Waals surface area contributed by atoms with Crippen LogP contribution < -0.4 is 10.1 Å². The Kier molecular flexibility index (Phi) is 7.29. The fourth-order valence-electron chi connectivity index (χ4n) is 2.48. The van der Waals surface area contributed by atoms with Crippen LogP contribution >= 0.6 is 46.6 Å². The largest absolute Gasteiger partial charge is 0.481 e. The van der Waals surface area contributed by atoms with E-state index in [1.54, 1.807) is 47.0 Å². The maximum absolute atomic E-state index is 12.2. The van der Waals surface area contributed by atoms with E-state index in [9.17, 15) is 4.79 Å². The van der Waals surface area contributed by atoms with Gasteiger partial charge in [-0.05, 0) is 49.4 Å². The van der Waals surface area contributed by atoms with Crippen LogP contribution in [0.25, 0.3) is 0 Å². The monoisotopic (exact) mass is 470 g/mol. The molecule has 1 N–H and O–H groups in total. The molecular formula is C19H17Cl3N4O2S. The van der Waals surface area contributed by atoms with E-state index in [4.69, 9.17) is 39.5 Å². The van der Waals surface area contributed by atoms with Crippen LogP contribution in [-0.4, -0.2) is 26.4 Å². The first-order valence-corrected chi connectivity index (χ1v) is 10.6. The van der Waals surface area contributed by atoms with Crippen LogP contribution in [0.2, 0.25) is 15.1 Å². The van der Waals surface area contributed by atoms with Gasteiger partial charge in [-0.1, -0.05) is 46.6 Å². The summed E-state index contributed by atoms with van der Waals surface area (Å²) in [6.07, 6.45) is -0.400. The number of ether oxygens (including phenoxy) is 1. The van der Waals surface area contributed by atoms with Crippen molar-refractivity contribution in [2.24, 2.45) is 7.05 Å².